The molecule has 0 fully saturated rings. The SMILES string of the molecule is CS(=O)(=O)CCn1cc(N)cn1. The standard InChI is InChI=1S/C6H11N3O2S/c1-12(10,11)3-2-9-5-6(7)4-8-9/h4-5H,2-3,7H2,1H3. The van der Waals surface area contributed by atoms with Gasteiger partial charge in [-0.25, -0.2) is 8.42 Å². The zero-order chi connectivity index (χ0) is 9.19. The van der Waals surface area contributed by atoms with Crippen molar-refractivity contribution in [2.24, 2.45) is 0 Å². The number of nitrogens with two attached hydrogens (primary N) is 1. The molecule has 0 spiro atoms. The summed E-state index contributed by atoms with van der Waals surface area (Å²) >= 11 is 0. The summed E-state index contributed by atoms with van der Waals surface area (Å²) in [6.45, 7) is 0.357. The van der Waals surface area contributed by atoms with E-state index < -0.39 is 9.84 Å². The van der Waals surface area contributed by atoms with Gasteiger partial charge in [-0.05, 0) is 0 Å². The first-order valence-electron chi connectivity index (χ1n) is 3.43. The Hall–Kier alpha value is -1.04. The highest BCUT2D eigenvalue weighted by atomic mass is 32.2. The first-order valence-corrected chi connectivity index (χ1v) is 5.49. The molecule has 0 aliphatic heterocycles. The minimum atomic E-state index is -2.91. The number of nitrogens with zero attached hydrogens (tertiary/aromatic N) is 2. The Morgan fingerprint density at radius 1 is 1.67 bits per heavy atom. The smallest absolute Gasteiger partial charge is 0.149 e. The minimum Gasteiger partial charge on any atom is -0.396 e. The van der Waals surface area contributed by atoms with Crippen molar-refractivity contribution in [2.45, 2.75) is 6.54 Å². The van der Waals surface area contributed by atoms with Gasteiger partial charge in [0.1, 0.15) is 9.84 Å². The molecule has 12 heavy (non-hydrogen) atoms. The molecule has 0 radical (unpaired) electrons. The normalized spacial score (nSPS) is 11.8. The third-order valence-corrected chi connectivity index (χ3v) is 2.27. The van der Waals surface area contributed by atoms with Crippen molar-refractivity contribution >= 4 is 15.5 Å². The second-order valence-corrected chi connectivity index (χ2v) is 4.93. The maximum absolute atomic E-state index is 10.7. The molecular weight excluding hydrogens is 178 g/mol. The van der Waals surface area contributed by atoms with Gasteiger partial charge in [-0.2, -0.15) is 5.10 Å². The van der Waals surface area contributed by atoms with Gasteiger partial charge in [0, 0.05) is 12.5 Å². The topological polar surface area (TPSA) is 78.0 Å². The molecule has 68 valence electrons. The lowest BCUT2D eigenvalue weighted by atomic mass is 10.6. The zero-order valence-corrected chi connectivity index (χ0v) is 7.58. The molecule has 5 nitrogen and oxygen atoms in total. The quantitative estimate of drug-likeness (QED) is 0.696. The second-order valence-electron chi connectivity index (χ2n) is 2.67. The van der Waals surface area contributed by atoms with Gasteiger partial charge >= 0.3 is 0 Å². The van der Waals surface area contributed by atoms with E-state index in [1.54, 1.807) is 6.20 Å². The average molecular weight is 189 g/mol. The van der Waals surface area contributed by atoms with Crippen molar-refractivity contribution in [3.8, 4) is 0 Å². The Morgan fingerprint density at radius 3 is 2.75 bits per heavy atom. The summed E-state index contributed by atoms with van der Waals surface area (Å²) in [6, 6.07) is 0. The van der Waals surface area contributed by atoms with Gasteiger partial charge in [0.05, 0.1) is 24.2 Å². The lowest BCUT2D eigenvalue weighted by molar-refractivity contribution is 0.586. The highest BCUT2D eigenvalue weighted by Gasteiger charge is 2.02. The van der Waals surface area contributed by atoms with Crippen molar-refractivity contribution in [2.75, 3.05) is 17.7 Å². The first kappa shape index (κ1) is 9.05. The predicted molar refractivity (Wildman–Crippen MR) is 46.4 cm³/mol. The van der Waals surface area contributed by atoms with Gasteiger partial charge in [-0.1, -0.05) is 0 Å². The molecule has 0 saturated heterocycles. The number of rotatable bonds is 3. The Balaban J connectivity index is 2.55. The fourth-order valence-electron chi connectivity index (χ4n) is 0.761. The number of nitrogen functional groups attached to an aromatic ring is 1. The summed E-state index contributed by atoms with van der Waals surface area (Å²) in [6.07, 6.45) is 4.29. The number of hydrogen-bond acceptors (Lipinski definition) is 4. The molecule has 0 amide bonds. The Bertz CT molecular complexity index is 355. The van der Waals surface area contributed by atoms with Gasteiger partial charge in [-0.15, -0.1) is 0 Å². The molecule has 1 rings (SSSR count). The third kappa shape index (κ3) is 2.91. The van der Waals surface area contributed by atoms with Gasteiger partial charge in [-0.3, -0.25) is 4.68 Å². The van der Waals surface area contributed by atoms with Crippen LogP contribution in [0.25, 0.3) is 0 Å². The minimum absolute atomic E-state index is 0.0914. The van der Waals surface area contributed by atoms with Crippen LogP contribution in [0, 0.1) is 0 Å². The largest absolute Gasteiger partial charge is 0.396 e. The first-order chi connectivity index (χ1) is 5.47. The number of sulfone groups is 1. The zero-order valence-electron chi connectivity index (χ0n) is 6.77. The number of aryl methyl sites for hydroxylation is 1. The molecule has 1 heterocycles. The Morgan fingerprint density at radius 2 is 2.33 bits per heavy atom. The molecule has 6 heteroatoms. The monoisotopic (exact) mass is 189 g/mol. The summed E-state index contributed by atoms with van der Waals surface area (Å²) < 4.78 is 23.0. The molecule has 1 aromatic rings. The molecule has 0 aromatic carbocycles. The summed E-state index contributed by atoms with van der Waals surface area (Å²) in [5.74, 6) is 0.0914. The fourth-order valence-corrected chi connectivity index (χ4v) is 1.28. The highest BCUT2D eigenvalue weighted by molar-refractivity contribution is 7.90. The molecular formula is C6H11N3O2S. The van der Waals surface area contributed by atoms with E-state index in [2.05, 4.69) is 5.10 Å². The van der Waals surface area contributed by atoms with Crippen LogP contribution in [0.3, 0.4) is 0 Å². The highest BCUT2D eigenvalue weighted by Crippen LogP contribution is 1.97. The van der Waals surface area contributed by atoms with E-state index in [0.29, 0.717) is 12.2 Å². The van der Waals surface area contributed by atoms with Gasteiger partial charge in [0.15, 0.2) is 0 Å². The third-order valence-electron chi connectivity index (χ3n) is 1.34. The predicted octanol–water partition coefficient (Wildman–Crippen LogP) is -0.490. The fraction of sp³-hybridized carbons (Fsp3) is 0.500. The van der Waals surface area contributed by atoms with Crippen molar-refractivity contribution < 1.29 is 8.42 Å². The van der Waals surface area contributed by atoms with E-state index in [0.717, 1.165) is 0 Å². The van der Waals surface area contributed by atoms with E-state index in [1.165, 1.54) is 17.1 Å². The summed E-state index contributed by atoms with van der Waals surface area (Å²) in [7, 11) is -2.91. The van der Waals surface area contributed by atoms with E-state index in [-0.39, 0.29) is 5.75 Å². The van der Waals surface area contributed by atoms with E-state index >= 15 is 0 Å². The summed E-state index contributed by atoms with van der Waals surface area (Å²) in [4.78, 5) is 0. The van der Waals surface area contributed by atoms with Crippen molar-refractivity contribution in [1.82, 2.24) is 9.78 Å². The lowest BCUT2D eigenvalue weighted by Crippen LogP contribution is -2.11. The average Bonchev–Trinajstić information content (AvgIpc) is 2.30. The molecule has 0 atom stereocenters. The number of anilines is 1. The summed E-state index contributed by atoms with van der Waals surface area (Å²) in [5, 5.41) is 3.85. The van der Waals surface area contributed by atoms with Crippen LogP contribution in [-0.4, -0.2) is 30.2 Å². The molecule has 0 bridgehead atoms. The van der Waals surface area contributed by atoms with Gasteiger partial charge in [0.25, 0.3) is 0 Å². The van der Waals surface area contributed by atoms with Crippen LogP contribution in [-0.2, 0) is 16.4 Å². The molecule has 1 aromatic heterocycles. The van der Waals surface area contributed by atoms with Crippen molar-refractivity contribution in [3.05, 3.63) is 12.4 Å². The van der Waals surface area contributed by atoms with E-state index in [9.17, 15) is 8.42 Å². The molecule has 0 unspecified atom stereocenters. The van der Waals surface area contributed by atoms with E-state index in [1.807, 2.05) is 0 Å². The molecule has 0 aliphatic carbocycles. The maximum Gasteiger partial charge on any atom is 0.149 e. The Labute approximate surface area is 71.1 Å². The summed E-state index contributed by atoms with van der Waals surface area (Å²) in [5.41, 5.74) is 5.93. The second kappa shape index (κ2) is 3.14. The number of aromatic nitrogens is 2. The number of hydrogen-bond donors (Lipinski definition) is 1. The van der Waals surface area contributed by atoms with Gasteiger partial charge in [0.2, 0.25) is 0 Å². The van der Waals surface area contributed by atoms with Crippen molar-refractivity contribution in [3.63, 3.8) is 0 Å². The van der Waals surface area contributed by atoms with Crippen LogP contribution in [0.1, 0.15) is 0 Å². The molecule has 0 aliphatic rings. The maximum atomic E-state index is 10.7. The Kier molecular flexibility index (Phi) is 2.37. The van der Waals surface area contributed by atoms with Crippen LogP contribution in [0.15, 0.2) is 12.4 Å². The molecule has 2 N–H and O–H groups in total. The van der Waals surface area contributed by atoms with Crippen LogP contribution in [0.2, 0.25) is 0 Å². The lowest BCUT2D eigenvalue weighted by Gasteiger charge is -1.98. The van der Waals surface area contributed by atoms with Crippen molar-refractivity contribution in [1.29, 1.82) is 0 Å². The van der Waals surface area contributed by atoms with Crippen LogP contribution < -0.4 is 5.73 Å². The van der Waals surface area contributed by atoms with Crippen LogP contribution >= 0.6 is 0 Å². The van der Waals surface area contributed by atoms with Crippen LogP contribution in [0.4, 0.5) is 5.69 Å². The van der Waals surface area contributed by atoms with Crippen LogP contribution in [0.5, 0.6) is 0 Å². The van der Waals surface area contributed by atoms with Gasteiger partial charge < -0.3 is 5.73 Å². The van der Waals surface area contributed by atoms with E-state index in [4.69, 9.17) is 5.73 Å². The molecule has 0 saturated carbocycles.